The van der Waals surface area contributed by atoms with Gasteiger partial charge in [0.05, 0.1) is 0 Å². The van der Waals surface area contributed by atoms with Crippen molar-refractivity contribution in [2.75, 3.05) is 6.54 Å². The van der Waals surface area contributed by atoms with Gasteiger partial charge in [-0.3, -0.25) is 0 Å². The van der Waals surface area contributed by atoms with Crippen LogP contribution in [0.4, 0.5) is 4.39 Å². The van der Waals surface area contributed by atoms with Crippen molar-refractivity contribution >= 4 is 39.1 Å². The maximum atomic E-state index is 13.2. The standard InChI is InChI=1S/C16H15BrCl2FN/c1-2-21-16(13-6-5-12(20)9-14(13)17)7-10-3-4-11(18)8-15(10)19/h3-6,8-9,16,21H,2,7H2,1H3. The molecule has 1 atom stereocenters. The minimum Gasteiger partial charge on any atom is -0.310 e. The Balaban J connectivity index is 2.30. The molecule has 0 saturated heterocycles. The number of likely N-dealkylation sites (N-methyl/N-ethyl adjacent to an activating group) is 1. The van der Waals surface area contributed by atoms with Gasteiger partial charge in [-0.1, -0.05) is 58.2 Å². The van der Waals surface area contributed by atoms with Crippen molar-refractivity contribution in [3.05, 3.63) is 67.9 Å². The Morgan fingerprint density at radius 1 is 1.19 bits per heavy atom. The second kappa shape index (κ2) is 7.59. The Labute approximate surface area is 142 Å². The SMILES string of the molecule is CCNC(Cc1ccc(Cl)cc1Cl)c1ccc(F)cc1Br. The fourth-order valence-corrected chi connectivity index (χ4v) is 3.34. The number of nitrogens with one attached hydrogen (secondary N) is 1. The van der Waals surface area contributed by atoms with E-state index in [0.717, 1.165) is 22.1 Å². The minimum absolute atomic E-state index is 0.0450. The largest absolute Gasteiger partial charge is 0.310 e. The van der Waals surface area contributed by atoms with Gasteiger partial charge in [0.25, 0.3) is 0 Å². The van der Waals surface area contributed by atoms with Gasteiger partial charge in [-0.2, -0.15) is 0 Å². The third kappa shape index (κ3) is 4.43. The summed E-state index contributed by atoms with van der Waals surface area (Å²) in [6.45, 7) is 2.84. The van der Waals surface area contributed by atoms with E-state index in [-0.39, 0.29) is 11.9 Å². The molecule has 2 aromatic rings. The molecule has 1 nitrogen and oxygen atoms in total. The van der Waals surface area contributed by atoms with Crippen molar-refractivity contribution in [3.8, 4) is 0 Å². The van der Waals surface area contributed by atoms with Crippen molar-refractivity contribution in [2.45, 2.75) is 19.4 Å². The lowest BCUT2D eigenvalue weighted by molar-refractivity contribution is 0.545. The van der Waals surface area contributed by atoms with Crippen LogP contribution in [0.15, 0.2) is 40.9 Å². The lowest BCUT2D eigenvalue weighted by atomic mass is 9.98. The van der Waals surface area contributed by atoms with Crippen LogP contribution in [0.2, 0.25) is 10.0 Å². The molecule has 0 bridgehead atoms. The highest BCUT2D eigenvalue weighted by Gasteiger charge is 2.16. The Morgan fingerprint density at radius 2 is 1.95 bits per heavy atom. The summed E-state index contributed by atoms with van der Waals surface area (Å²) in [6, 6.07) is 10.3. The Hall–Kier alpha value is -0.610. The summed E-state index contributed by atoms with van der Waals surface area (Å²) >= 11 is 15.6. The van der Waals surface area contributed by atoms with Crippen LogP contribution in [0.3, 0.4) is 0 Å². The first kappa shape index (κ1) is 16.8. The molecule has 21 heavy (non-hydrogen) atoms. The highest BCUT2D eigenvalue weighted by Crippen LogP contribution is 2.30. The van der Waals surface area contributed by atoms with Crippen LogP contribution in [-0.4, -0.2) is 6.54 Å². The van der Waals surface area contributed by atoms with Gasteiger partial charge in [0.1, 0.15) is 5.82 Å². The van der Waals surface area contributed by atoms with Gasteiger partial charge < -0.3 is 5.32 Å². The first-order valence-electron chi connectivity index (χ1n) is 6.63. The van der Waals surface area contributed by atoms with Gasteiger partial charge in [-0.25, -0.2) is 4.39 Å². The van der Waals surface area contributed by atoms with E-state index in [0.29, 0.717) is 16.5 Å². The zero-order chi connectivity index (χ0) is 15.4. The molecule has 0 aliphatic carbocycles. The van der Waals surface area contributed by atoms with E-state index in [2.05, 4.69) is 21.2 Å². The summed E-state index contributed by atoms with van der Waals surface area (Å²) in [4.78, 5) is 0. The lowest BCUT2D eigenvalue weighted by Crippen LogP contribution is -2.23. The molecule has 0 fully saturated rings. The van der Waals surface area contributed by atoms with Crippen LogP contribution >= 0.6 is 39.1 Å². The monoisotopic (exact) mass is 389 g/mol. The molecule has 0 saturated carbocycles. The highest BCUT2D eigenvalue weighted by molar-refractivity contribution is 9.10. The van der Waals surface area contributed by atoms with Crippen LogP contribution in [0.5, 0.6) is 0 Å². The summed E-state index contributed by atoms with van der Waals surface area (Å²) in [5.74, 6) is -0.259. The smallest absolute Gasteiger partial charge is 0.124 e. The maximum Gasteiger partial charge on any atom is 0.124 e. The molecule has 2 rings (SSSR count). The van der Waals surface area contributed by atoms with Crippen LogP contribution < -0.4 is 5.32 Å². The summed E-state index contributed by atoms with van der Waals surface area (Å²) in [6.07, 6.45) is 0.702. The quantitative estimate of drug-likeness (QED) is 0.681. The summed E-state index contributed by atoms with van der Waals surface area (Å²) in [7, 11) is 0. The molecule has 2 aromatic carbocycles. The van der Waals surface area contributed by atoms with Gasteiger partial charge in [0, 0.05) is 20.6 Å². The van der Waals surface area contributed by atoms with Crippen LogP contribution in [0.25, 0.3) is 0 Å². The molecule has 112 valence electrons. The van der Waals surface area contributed by atoms with E-state index in [9.17, 15) is 4.39 Å². The lowest BCUT2D eigenvalue weighted by Gasteiger charge is -2.20. The number of halogens is 4. The highest BCUT2D eigenvalue weighted by atomic mass is 79.9. The van der Waals surface area contributed by atoms with Crippen molar-refractivity contribution in [1.82, 2.24) is 5.32 Å². The molecule has 0 heterocycles. The second-order valence-corrected chi connectivity index (χ2v) is 6.41. The second-order valence-electron chi connectivity index (χ2n) is 4.72. The van der Waals surface area contributed by atoms with Gasteiger partial charge in [-0.05, 0) is 48.4 Å². The van der Waals surface area contributed by atoms with Gasteiger partial charge in [0.15, 0.2) is 0 Å². The summed E-state index contributed by atoms with van der Waals surface area (Å²) < 4.78 is 14.0. The van der Waals surface area contributed by atoms with Crippen molar-refractivity contribution in [2.24, 2.45) is 0 Å². The zero-order valence-electron chi connectivity index (χ0n) is 11.5. The Kier molecular flexibility index (Phi) is 6.06. The van der Waals surface area contributed by atoms with Gasteiger partial charge in [-0.15, -0.1) is 0 Å². The number of hydrogen-bond acceptors (Lipinski definition) is 1. The zero-order valence-corrected chi connectivity index (χ0v) is 14.6. The number of hydrogen-bond donors (Lipinski definition) is 1. The summed E-state index contributed by atoms with van der Waals surface area (Å²) in [5, 5.41) is 4.67. The van der Waals surface area contributed by atoms with Gasteiger partial charge in [0.2, 0.25) is 0 Å². The molecule has 5 heteroatoms. The first-order chi connectivity index (χ1) is 10.0. The third-order valence-corrected chi connectivity index (χ3v) is 4.50. The molecular weight excluding hydrogens is 376 g/mol. The Morgan fingerprint density at radius 3 is 2.57 bits per heavy atom. The van der Waals surface area contributed by atoms with Crippen LogP contribution in [-0.2, 0) is 6.42 Å². The van der Waals surface area contributed by atoms with E-state index < -0.39 is 0 Å². The third-order valence-electron chi connectivity index (χ3n) is 3.23. The molecule has 0 aliphatic rings. The van der Waals surface area contributed by atoms with E-state index in [1.54, 1.807) is 12.1 Å². The fourth-order valence-electron chi connectivity index (χ4n) is 2.23. The number of rotatable bonds is 5. The predicted octanol–water partition coefficient (Wildman–Crippen LogP) is 5.79. The van der Waals surface area contributed by atoms with Crippen LogP contribution in [0.1, 0.15) is 24.1 Å². The van der Waals surface area contributed by atoms with E-state index >= 15 is 0 Å². The van der Waals surface area contributed by atoms with E-state index in [1.807, 2.05) is 19.1 Å². The average molecular weight is 391 g/mol. The molecule has 0 spiro atoms. The first-order valence-corrected chi connectivity index (χ1v) is 8.18. The molecule has 0 radical (unpaired) electrons. The fraction of sp³-hybridized carbons (Fsp3) is 0.250. The number of benzene rings is 2. The van der Waals surface area contributed by atoms with Crippen molar-refractivity contribution in [1.29, 1.82) is 0 Å². The van der Waals surface area contributed by atoms with Crippen LogP contribution in [0, 0.1) is 5.82 Å². The normalized spacial score (nSPS) is 12.4. The predicted molar refractivity (Wildman–Crippen MR) is 90.7 cm³/mol. The Bertz CT molecular complexity index is 634. The van der Waals surface area contributed by atoms with Crippen molar-refractivity contribution < 1.29 is 4.39 Å². The molecule has 1 unspecified atom stereocenters. The average Bonchev–Trinajstić information content (AvgIpc) is 2.41. The molecule has 0 amide bonds. The van der Waals surface area contributed by atoms with Crippen molar-refractivity contribution in [3.63, 3.8) is 0 Å². The molecule has 1 N–H and O–H groups in total. The van der Waals surface area contributed by atoms with E-state index in [1.165, 1.54) is 12.1 Å². The molecule has 0 aliphatic heterocycles. The topological polar surface area (TPSA) is 12.0 Å². The van der Waals surface area contributed by atoms with Gasteiger partial charge >= 0.3 is 0 Å². The molecular formula is C16H15BrCl2FN. The molecule has 0 aromatic heterocycles. The van der Waals surface area contributed by atoms with E-state index in [4.69, 9.17) is 23.2 Å². The minimum atomic E-state index is -0.259. The maximum absolute atomic E-state index is 13.2. The summed E-state index contributed by atoms with van der Waals surface area (Å²) in [5.41, 5.74) is 2.01.